The Labute approximate surface area is 135 Å². The third kappa shape index (κ3) is 1.88. The monoisotopic (exact) mass is 353 g/mol. The second kappa shape index (κ2) is 4.86. The van der Waals surface area contributed by atoms with Gasteiger partial charge in [0, 0.05) is 0 Å². The van der Waals surface area contributed by atoms with Crippen LogP contribution in [0.4, 0.5) is 5.69 Å². The third-order valence-electron chi connectivity index (χ3n) is 3.70. The molecule has 1 aromatic rings. The van der Waals surface area contributed by atoms with E-state index in [1.807, 2.05) is 36.4 Å². The molecule has 1 amide bonds. The summed E-state index contributed by atoms with van der Waals surface area (Å²) in [5.41, 5.74) is 4.17. The van der Waals surface area contributed by atoms with Crippen LogP contribution in [0.2, 0.25) is 0 Å². The van der Waals surface area contributed by atoms with E-state index in [9.17, 15) is 10.0 Å². The second-order valence-electron chi connectivity index (χ2n) is 4.87. The van der Waals surface area contributed by atoms with Gasteiger partial charge in [0.2, 0.25) is 0 Å². The number of allylic oxidation sites excluding steroid dienone is 3. The summed E-state index contributed by atoms with van der Waals surface area (Å²) in [6.45, 7) is 0. The maximum atomic E-state index is 12.3. The molecule has 0 aromatic heterocycles. The number of carbonyl (C=O) groups excluding carboxylic acids is 1. The average molecular weight is 353 g/mol. The number of amides is 1. The normalized spacial score (nSPS) is 23.8. The Hall–Kier alpha value is -1.85. The molecule has 3 aliphatic rings. The van der Waals surface area contributed by atoms with Crippen molar-refractivity contribution in [2.24, 2.45) is 5.16 Å². The SMILES string of the molecule is O=C1N[C]2=C(C=C[CH]=[Y]2)/C1=C1/Nc2ccccc2/C1=N\O. The molecule has 0 aliphatic carbocycles. The number of carbonyl (C=O) groups is 1. The van der Waals surface area contributed by atoms with Gasteiger partial charge in [-0.3, -0.25) is 0 Å². The van der Waals surface area contributed by atoms with E-state index < -0.39 is 28.7 Å². The van der Waals surface area contributed by atoms with Crippen LogP contribution in [0.5, 0.6) is 0 Å². The number of hydrogen-bond acceptors (Lipinski definition) is 4. The van der Waals surface area contributed by atoms with Gasteiger partial charge in [0.05, 0.1) is 0 Å². The molecule has 100 valence electrons. The molecule has 0 bridgehead atoms. The maximum absolute atomic E-state index is 12.3. The molecule has 0 unspecified atom stereocenters. The molecule has 3 aliphatic heterocycles. The van der Waals surface area contributed by atoms with Gasteiger partial charge in [-0.15, -0.1) is 0 Å². The summed E-state index contributed by atoms with van der Waals surface area (Å²) >= 11 is -1.04. The van der Waals surface area contributed by atoms with Gasteiger partial charge in [-0.1, -0.05) is 0 Å². The van der Waals surface area contributed by atoms with Crippen LogP contribution >= 0.6 is 0 Å². The first kappa shape index (κ1) is 12.9. The van der Waals surface area contributed by atoms with Crippen LogP contribution in [0.25, 0.3) is 0 Å². The molecule has 0 fully saturated rings. The fourth-order valence-electron chi connectivity index (χ4n) is 2.78. The molecule has 5 nitrogen and oxygen atoms in total. The third-order valence-corrected chi connectivity index (χ3v) is 6.66. The number of anilines is 1. The molecule has 21 heavy (non-hydrogen) atoms. The van der Waals surface area contributed by atoms with E-state index in [0.717, 1.165) is 19.3 Å². The van der Waals surface area contributed by atoms with Gasteiger partial charge in [0.25, 0.3) is 0 Å². The standard InChI is InChI=1S/C15H10N3O2.Y/c1-2-5-9-8-16-15(19)12(9)14-13(18-20)10-6-3-4-7-11(10)17-14;/h1-7,17,20H,(H,16,19);/b5-2?,14-12-,18-13+;. The number of nitrogens with one attached hydrogen (secondary N) is 2. The Morgan fingerprint density at radius 1 is 1.19 bits per heavy atom. The van der Waals surface area contributed by atoms with Crippen molar-refractivity contribution in [1.82, 2.24) is 5.32 Å². The summed E-state index contributed by atoms with van der Waals surface area (Å²) < 4.78 is 3.26. The number of hydrogen-bond donors (Lipinski definition) is 3. The van der Waals surface area contributed by atoms with Crippen LogP contribution in [-0.4, -0.2) is 19.6 Å². The molecule has 0 radical (unpaired) electrons. The van der Waals surface area contributed by atoms with Crippen molar-refractivity contribution in [3.05, 3.63) is 61.3 Å². The van der Waals surface area contributed by atoms with E-state index in [-0.39, 0.29) is 5.91 Å². The zero-order valence-electron chi connectivity index (χ0n) is 10.9. The number of benzene rings is 1. The van der Waals surface area contributed by atoms with Crippen molar-refractivity contribution in [2.45, 2.75) is 0 Å². The molecule has 3 heterocycles. The van der Waals surface area contributed by atoms with Crippen molar-refractivity contribution in [3.8, 4) is 0 Å². The Balaban J connectivity index is 1.95. The number of para-hydroxylation sites is 1. The molecule has 1 aromatic carbocycles. The predicted molar refractivity (Wildman–Crippen MR) is 75.8 cm³/mol. The van der Waals surface area contributed by atoms with Crippen LogP contribution in [0.3, 0.4) is 0 Å². The van der Waals surface area contributed by atoms with E-state index in [2.05, 4.69) is 18.6 Å². The Kier molecular flexibility index (Phi) is 2.98. The first-order valence-corrected chi connectivity index (χ1v) is 9.59. The second-order valence-corrected chi connectivity index (χ2v) is 8.05. The van der Waals surface area contributed by atoms with E-state index in [4.69, 9.17) is 0 Å². The predicted octanol–water partition coefficient (Wildman–Crippen LogP) is 1.34. The molecular formula is C15H10N3O2Y. The minimum absolute atomic E-state index is 0.122. The van der Waals surface area contributed by atoms with Crippen molar-refractivity contribution in [2.75, 3.05) is 5.32 Å². The van der Waals surface area contributed by atoms with Gasteiger partial charge in [-0.25, -0.2) is 0 Å². The van der Waals surface area contributed by atoms with E-state index >= 15 is 0 Å². The molecule has 3 N–H and O–H groups in total. The fourth-order valence-corrected chi connectivity index (χ4v) is 5.36. The van der Waals surface area contributed by atoms with Gasteiger partial charge in [0.15, 0.2) is 0 Å². The molecule has 0 spiro atoms. The first-order valence-electron chi connectivity index (χ1n) is 6.53. The minimum atomic E-state index is -1.04. The van der Waals surface area contributed by atoms with Crippen LogP contribution in [0.15, 0.2) is 60.9 Å². The summed E-state index contributed by atoms with van der Waals surface area (Å²) in [6.07, 6.45) is 3.96. The Bertz CT molecular complexity index is 831. The number of fused-ring (bicyclic) bond motifs is 1. The summed E-state index contributed by atoms with van der Waals surface area (Å²) in [4.78, 5) is 12.3. The average Bonchev–Trinajstić information content (AvgIpc) is 3.02. The fraction of sp³-hybridized carbons (Fsp3) is 0. The van der Waals surface area contributed by atoms with Crippen LogP contribution in [0.1, 0.15) is 5.56 Å². The first-order chi connectivity index (χ1) is 10.3. The summed E-state index contributed by atoms with van der Waals surface area (Å²) in [6, 6.07) is 7.55. The van der Waals surface area contributed by atoms with Crippen LogP contribution in [0, 0.1) is 0 Å². The summed E-state index contributed by atoms with van der Waals surface area (Å²) in [7, 11) is 0. The van der Waals surface area contributed by atoms with E-state index in [1.165, 1.54) is 0 Å². The van der Waals surface area contributed by atoms with Crippen molar-refractivity contribution >= 4 is 20.1 Å². The number of rotatable bonds is 0. The quantitative estimate of drug-likeness (QED) is 0.374. The van der Waals surface area contributed by atoms with Crippen LogP contribution in [-0.2, 0) is 33.5 Å². The molecule has 0 saturated heterocycles. The van der Waals surface area contributed by atoms with Gasteiger partial charge >= 0.3 is 136 Å². The van der Waals surface area contributed by atoms with Gasteiger partial charge in [-0.05, 0) is 0 Å². The van der Waals surface area contributed by atoms with Gasteiger partial charge < -0.3 is 0 Å². The number of oxime groups is 1. The molecule has 0 atom stereocenters. The topological polar surface area (TPSA) is 73.7 Å². The number of nitrogens with zero attached hydrogens (tertiary/aromatic N) is 1. The molecule has 4 rings (SSSR count). The van der Waals surface area contributed by atoms with Gasteiger partial charge in [-0.2, -0.15) is 0 Å². The van der Waals surface area contributed by atoms with E-state index in [0.29, 0.717) is 17.0 Å². The Morgan fingerprint density at radius 2 is 2.05 bits per heavy atom. The molecular weight excluding hydrogens is 343 g/mol. The van der Waals surface area contributed by atoms with Gasteiger partial charge in [0.1, 0.15) is 0 Å². The van der Waals surface area contributed by atoms with Crippen molar-refractivity contribution in [3.63, 3.8) is 0 Å². The molecule has 0 saturated carbocycles. The van der Waals surface area contributed by atoms with Crippen molar-refractivity contribution < 1.29 is 38.7 Å². The Morgan fingerprint density at radius 3 is 2.90 bits per heavy atom. The zero-order valence-corrected chi connectivity index (χ0v) is 13.8. The summed E-state index contributed by atoms with van der Waals surface area (Å²) in [5, 5.41) is 19.0. The van der Waals surface area contributed by atoms with Crippen molar-refractivity contribution in [1.29, 1.82) is 0 Å². The van der Waals surface area contributed by atoms with Crippen LogP contribution < -0.4 is 10.6 Å². The zero-order chi connectivity index (χ0) is 14.4. The molecule has 6 heteroatoms. The summed E-state index contributed by atoms with van der Waals surface area (Å²) in [5.74, 6) is -0.122. The van der Waals surface area contributed by atoms with E-state index in [1.54, 1.807) is 0 Å².